The summed E-state index contributed by atoms with van der Waals surface area (Å²) in [5.74, 6) is 0.481. The van der Waals surface area contributed by atoms with Gasteiger partial charge in [0.1, 0.15) is 5.82 Å². The van der Waals surface area contributed by atoms with E-state index in [0.717, 1.165) is 12.1 Å². The zero-order valence-electron chi connectivity index (χ0n) is 10.9. The minimum Gasteiger partial charge on any atom is -0.313 e. The molecule has 1 aromatic carbocycles. The highest BCUT2D eigenvalue weighted by Crippen LogP contribution is 2.27. The fraction of sp³-hybridized carbons (Fsp3) is 0.571. The van der Waals surface area contributed by atoms with Crippen LogP contribution in [0.1, 0.15) is 39.2 Å². The molecule has 17 heavy (non-hydrogen) atoms. The van der Waals surface area contributed by atoms with E-state index in [-0.39, 0.29) is 10.8 Å². The lowest BCUT2D eigenvalue weighted by molar-refractivity contribution is 0.360. The molecule has 1 nitrogen and oxygen atoms in total. The van der Waals surface area contributed by atoms with Gasteiger partial charge in [-0.1, -0.05) is 45.4 Å². The first kappa shape index (κ1) is 14.5. The number of nitrogens with one attached hydrogen (secondary N) is 1. The summed E-state index contributed by atoms with van der Waals surface area (Å²) >= 11 is 5.82. The maximum Gasteiger partial charge on any atom is 0.141 e. The lowest BCUT2D eigenvalue weighted by atomic mass is 9.86. The Bertz CT molecular complexity index is 365. The first-order valence-electron chi connectivity index (χ1n) is 6.15. The number of hydrogen-bond donors (Lipinski definition) is 1. The van der Waals surface area contributed by atoms with E-state index in [9.17, 15) is 4.39 Å². The second kappa shape index (κ2) is 6.36. The highest BCUT2D eigenvalue weighted by molar-refractivity contribution is 6.30. The molecule has 0 aliphatic rings. The third kappa shape index (κ3) is 3.68. The zero-order chi connectivity index (χ0) is 13.0. The van der Waals surface area contributed by atoms with Crippen LogP contribution >= 0.6 is 11.6 Å². The van der Waals surface area contributed by atoms with Gasteiger partial charge in [0.15, 0.2) is 0 Å². The van der Waals surface area contributed by atoms with Crippen molar-refractivity contribution in [2.24, 2.45) is 5.92 Å². The predicted molar refractivity (Wildman–Crippen MR) is 72.1 cm³/mol. The van der Waals surface area contributed by atoms with Gasteiger partial charge < -0.3 is 5.32 Å². The molecule has 0 bridgehead atoms. The molecule has 2 unspecified atom stereocenters. The van der Waals surface area contributed by atoms with Crippen LogP contribution in [0.3, 0.4) is 0 Å². The zero-order valence-corrected chi connectivity index (χ0v) is 11.7. The van der Waals surface area contributed by atoms with E-state index in [1.165, 1.54) is 6.07 Å². The van der Waals surface area contributed by atoms with Crippen LogP contribution in [-0.2, 0) is 0 Å². The van der Waals surface area contributed by atoms with Crippen LogP contribution in [0.2, 0.25) is 5.02 Å². The molecular weight excluding hydrogens is 237 g/mol. The summed E-state index contributed by atoms with van der Waals surface area (Å²) in [5, 5.41) is 3.68. The van der Waals surface area contributed by atoms with Crippen LogP contribution in [0, 0.1) is 11.7 Å². The van der Waals surface area contributed by atoms with Crippen molar-refractivity contribution in [1.29, 1.82) is 0 Å². The minimum atomic E-state index is -0.354. The van der Waals surface area contributed by atoms with Gasteiger partial charge in [-0.05, 0) is 36.1 Å². The van der Waals surface area contributed by atoms with E-state index in [0.29, 0.717) is 17.9 Å². The summed E-state index contributed by atoms with van der Waals surface area (Å²) in [5.41, 5.74) is 1.08. The van der Waals surface area contributed by atoms with Crippen LogP contribution in [0.5, 0.6) is 0 Å². The van der Waals surface area contributed by atoms with Crippen molar-refractivity contribution in [3.63, 3.8) is 0 Å². The first-order chi connectivity index (χ1) is 7.97. The molecule has 0 aromatic heterocycles. The second-order valence-corrected chi connectivity index (χ2v) is 5.20. The second-order valence-electron chi connectivity index (χ2n) is 4.79. The SMILES string of the molecule is CCNC(C(C)C)C(C)c1ccc(F)c(Cl)c1. The van der Waals surface area contributed by atoms with E-state index < -0.39 is 0 Å². The monoisotopic (exact) mass is 257 g/mol. The molecule has 0 radical (unpaired) electrons. The third-order valence-corrected chi connectivity index (χ3v) is 3.46. The summed E-state index contributed by atoms with van der Waals surface area (Å²) in [6.07, 6.45) is 0. The maximum absolute atomic E-state index is 13.1. The average molecular weight is 258 g/mol. The number of halogens is 2. The fourth-order valence-electron chi connectivity index (χ4n) is 2.23. The van der Waals surface area contributed by atoms with Crippen LogP contribution in [0.25, 0.3) is 0 Å². The first-order valence-corrected chi connectivity index (χ1v) is 6.53. The average Bonchev–Trinajstić information content (AvgIpc) is 2.28. The summed E-state index contributed by atoms with van der Waals surface area (Å²) < 4.78 is 13.1. The normalized spacial score (nSPS) is 15.0. The topological polar surface area (TPSA) is 12.0 Å². The Balaban J connectivity index is 2.92. The standard InChI is InChI=1S/C14H21ClFN/c1-5-17-14(9(2)3)10(4)11-6-7-13(16)12(15)8-11/h6-10,14,17H,5H2,1-4H3. The molecule has 0 heterocycles. The van der Waals surface area contributed by atoms with Gasteiger partial charge in [0.25, 0.3) is 0 Å². The Labute approximate surface area is 108 Å². The lowest BCUT2D eigenvalue weighted by Gasteiger charge is -2.28. The Kier molecular flexibility index (Phi) is 5.41. The van der Waals surface area contributed by atoms with Gasteiger partial charge in [0.2, 0.25) is 0 Å². The van der Waals surface area contributed by atoms with E-state index in [1.807, 2.05) is 6.07 Å². The molecule has 0 spiro atoms. The van der Waals surface area contributed by atoms with Crippen LogP contribution in [-0.4, -0.2) is 12.6 Å². The van der Waals surface area contributed by atoms with Crippen LogP contribution < -0.4 is 5.32 Å². The fourth-order valence-corrected chi connectivity index (χ4v) is 2.42. The predicted octanol–water partition coefficient (Wildman–Crippen LogP) is 4.22. The van der Waals surface area contributed by atoms with Crippen molar-refractivity contribution in [3.8, 4) is 0 Å². The Hall–Kier alpha value is -0.600. The highest BCUT2D eigenvalue weighted by Gasteiger charge is 2.21. The minimum absolute atomic E-state index is 0.202. The molecule has 0 aliphatic heterocycles. The Morgan fingerprint density at radius 1 is 1.29 bits per heavy atom. The van der Waals surface area contributed by atoms with Crippen molar-refractivity contribution in [3.05, 3.63) is 34.6 Å². The van der Waals surface area contributed by atoms with Gasteiger partial charge in [-0.3, -0.25) is 0 Å². The van der Waals surface area contributed by atoms with E-state index >= 15 is 0 Å². The van der Waals surface area contributed by atoms with Crippen LogP contribution in [0.15, 0.2) is 18.2 Å². The quantitative estimate of drug-likeness (QED) is 0.833. The van der Waals surface area contributed by atoms with E-state index in [1.54, 1.807) is 6.07 Å². The molecule has 0 amide bonds. The van der Waals surface area contributed by atoms with E-state index in [4.69, 9.17) is 11.6 Å². The molecular formula is C14H21ClFN. The van der Waals surface area contributed by atoms with Crippen molar-refractivity contribution in [1.82, 2.24) is 5.32 Å². The summed E-state index contributed by atoms with van der Waals surface area (Å²) in [4.78, 5) is 0. The highest BCUT2D eigenvalue weighted by atomic mass is 35.5. The van der Waals surface area contributed by atoms with Crippen molar-refractivity contribution < 1.29 is 4.39 Å². The van der Waals surface area contributed by atoms with Gasteiger partial charge in [-0.2, -0.15) is 0 Å². The molecule has 0 saturated heterocycles. The summed E-state index contributed by atoms with van der Waals surface area (Å²) in [6, 6.07) is 5.37. The van der Waals surface area contributed by atoms with Gasteiger partial charge in [-0.15, -0.1) is 0 Å². The molecule has 1 aromatic rings. The molecule has 1 rings (SSSR count). The molecule has 3 heteroatoms. The Morgan fingerprint density at radius 2 is 1.94 bits per heavy atom. The van der Waals surface area contributed by atoms with Crippen molar-refractivity contribution in [2.45, 2.75) is 39.7 Å². The lowest BCUT2D eigenvalue weighted by Crippen LogP contribution is -2.38. The largest absolute Gasteiger partial charge is 0.313 e. The molecule has 0 saturated carbocycles. The molecule has 0 fully saturated rings. The molecule has 1 N–H and O–H groups in total. The molecule has 96 valence electrons. The smallest absolute Gasteiger partial charge is 0.141 e. The number of hydrogen-bond acceptors (Lipinski definition) is 1. The summed E-state index contributed by atoms with van der Waals surface area (Å²) in [7, 11) is 0. The third-order valence-electron chi connectivity index (χ3n) is 3.17. The van der Waals surface area contributed by atoms with Crippen molar-refractivity contribution >= 4 is 11.6 Å². The van der Waals surface area contributed by atoms with Gasteiger partial charge in [0.05, 0.1) is 5.02 Å². The molecule has 2 atom stereocenters. The number of benzene rings is 1. The Morgan fingerprint density at radius 3 is 2.41 bits per heavy atom. The maximum atomic E-state index is 13.1. The summed E-state index contributed by atoms with van der Waals surface area (Å²) in [6.45, 7) is 9.56. The molecule has 0 aliphatic carbocycles. The van der Waals surface area contributed by atoms with Crippen molar-refractivity contribution in [2.75, 3.05) is 6.54 Å². The van der Waals surface area contributed by atoms with Gasteiger partial charge in [-0.25, -0.2) is 4.39 Å². The number of likely N-dealkylation sites (N-methyl/N-ethyl adjacent to an activating group) is 1. The van der Waals surface area contributed by atoms with Crippen LogP contribution in [0.4, 0.5) is 4.39 Å². The van der Waals surface area contributed by atoms with E-state index in [2.05, 4.69) is 33.0 Å². The van der Waals surface area contributed by atoms with Gasteiger partial charge in [0, 0.05) is 6.04 Å². The number of rotatable bonds is 5. The van der Waals surface area contributed by atoms with Gasteiger partial charge >= 0.3 is 0 Å².